The van der Waals surface area contributed by atoms with E-state index in [1.807, 2.05) is 64.1 Å². The molecule has 0 bridgehead atoms. The molecule has 80 heavy (non-hydrogen) atoms. The number of phosphoric ester groups is 1. The Morgan fingerprint density at radius 1 is 0.650 bits per heavy atom. The zero-order valence-electron chi connectivity index (χ0n) is 48.9. The molecular weight excluding hydrogens is 1080 g/mol. The topological polar surface area (TPSA) is 228 Å². The second kappa shape index (κ2) is 36.4. The maximum Gasteiger partial charge on any atom is 0.472 e. The number of unbranched alkanes of at least 4 members (excludes halogenated alkanes) is 20. The molecule has 450 valence electrons. The van der Waals surface area contributed by atoms with Crippen LogP contribution in [0.5, 0.6) is 0 Å². The SMILES string of the molecule is CCCCCCCCCCCCCC(=O)OC[C@H](COP(=O)(O)OCCNS(=O)(=O)c1ccc(-c2c3ccc(=[N+](CC)CC)cc-3oc3cc(N(CC)CC)ccc23)c(S(=O)(=O)O)c1)OC(=O)CCCCCCCCCCCCC. The normalized spacial score (nSPS) is 13.2. The lowest BCUT2D eigenvalue weighted by Crippen LogP contribution is -2.30. The largest absolute Gasteiger partial charge is 0.472 e. The van der Waals surface area contributed by atoms with Crippen molar-refractivity contribution in [2.24, 2.45) is 0 Å². The first-order valence-electron chi connectivity index (χ1n) is 29.8. The number of nitrogens with zero attached hydrogens (tertiary/aromatic N) is 2. The van der Waals surface area contributed by atoms with Crippen LogP contribution in [-0.2, 0) is 52.8 Å². The third kappa shape index (κ3) is 23.6. The van der Waals surface area contributed by atoms with Crippen LogP contribution in [-0.4, -0.2) is 96.9 Å². The minimum absolute atomic E-state index is 0.0299. The van der Waals surface area contributed by atoms with Crippen LogP contribution in [0.2, 0.25) is 0 Å². The highest BCUT2D eigenvalue weighted by Crippen LogP contribution is 2.45. The summed E-state index contributed by atoms with van der Waals surface area (Å²) in [5.74, 6) is -0.620. The average molecular weight is 1180 g/mol. The lowest BCUT2D eigenvalue weighted by molar-refractivity contribution is -0.161. The average Bonchev–Trinajstić information content (AvgIpc) is 3.63. The molecule has 0 saturated carbocycles. The van der Waals surface area contributed by atoms with Crippen LogP contribution in [0.25, 0.3) is 33.4 Å². The van der Waals surface area contributed by atoms with E-state index in [1.165, 1.54) is 95.6 Å². The molecule has 20 heteroatoms. The van der Waals surface area contributed by atoms with Gasteiger partial charge in [0, 0.05) is 72.4 Å². The number of fused-ring (bicyclic) bond motifs is 2. The van der Waals surface area contributed by atoms with Crippen LogP contribution in [0.3, 0.4) is 0 Å². The quantitative estimate of drug-likeness (QED) is 0.00935. The van der Waals surface area contributed by atoms with Crippen molar-refractivity contribution >= 4 is 56.6 Å². The Labute approximate surface area is 478 Å². The van der Waals surface area contributed by atoms with Crippen molar-refractivity contribution in [3.05, 3.63) is 60.0 Å². The minimum atomic E-state index is -5.07. The highest BCUT2D eigenvalue weighted by atomic mass is 32.2. The number of carbonyl (C=O) groups is 2. The third-order valence-corrected chi connectivity index (χ3v) is 17.9. The Balaban J connectivity index is 1.41. The van der Waals surface area contributed by atoms with Crippen LogP contribution in [0.15, 0.2) is 68.8 Å². The number of anilines is 1. The highest BCUT2D eigenvalue weighted by molar-refractivity contribution is 7.89. The van der Waals surface area contributed by atoms with Gasteiger partial charge in [-0.15, -0.1) is 0 Å². The van der Waals surface area contributed by atoms with E-state index in [4.69, 9.17) is 22.9 Å². The summed E-state index contributed by atoms with van der Waals surface area (Å²) >= 11 is 0. The van der Waals surface area contributed by atoms with Crippen molar-refractivity contribution in [3.63, 3.8) is 0 Å². The number of esters is 2. The molecule has 0 aromatic heterocycles. The van der Waals surface area contributed by atoms with E-state index in [-0.39, 0.29) is 18.4 Å². The van der Waals surface area contributed by atoms with Gasteiger partial charge in [0.25, 0.3) is 10.1 Å². The Morgan fingerprint density at radius 3 is 1.73 bits per heavy atom. The van der Waals surface area contributed by atoms with Gasteiger partial charge in [0.1, 0.15) is 35.9 Å². The molecule has 0 spiro atoms. The smallest absolute Gasteiger partial charge is 0.462 e. The predicted octanol–water partition coefficient (Wildman–Crippen LogP) is 13.4. The summed E-state index contributed by atoms with van der Waals surface area (Å²) in [6, 6.07) is 14.5. The lowest BCUT2D eigenvalue weighted by atomic mass is 9.93. The Bertz CT molecular complexity index is 2810. The van der Waals surface area contributed by atoms with Gasteiger partial charge in [0.05, 0.1) is 24.2 Å². The Morgan fingerprint density at radius 2 is 1.19 bits per heavy atom. The minimum Gasteiger partial charge on any atom is -0.462 e. The van der Waals surface area contributed by atoms with Gasteiger partial charge < -0.3 is 23.7 Å². The van der Waals surface area contributed by atoms with Crippen LogP contribution in [0.1, 0.15) is 196 Å². The van der Waals surface area contributed by atoms with Gasteiger partial charge in [-0.2, -0.15) is 8.42 Å². The van der Waals surface area contributed by atoms with E-state index in [0.29, 0.717) is 40.7 Å². The predicted molar refractivity (Wildman–Crippen MR) is 318 cm³/mol. The molecule has 1 aliphatic heterocycles. The van der Waals surface area contributed by atoms with Crippen LogP contribution >= 0.6 is 7.82 Å². The maximum atomic E-state index is 13.7. The molecule has 2 aliphatic rings. The van der Waals surface area contributed by atoms with E-state index in [9.17, 15) is 40.4 Å². The molecule has 2 atom stereocenters. The third-order valence-electron chi connectivity index (χ3n) is 14.5. The Kier molecular flexibility index (Phi) is 31.1. The molecule has 2 aromatic rings. The maximum absolute atomic E-state index is 13.7. The number of hydrogen-bond donors (Lipinski definition) is 3. The molecule has 0 fully saturated rings. The number of rotatable bonds is 43. The van der Waals surface area contributed by atoms with Crippen molar-refractivity contribution in [1.82, 2.24) is 9.30 Å². The molecule has 0 radical (unpaired) electrons. The van der Waals surface area contributed by atoms with E-state index >= 15 is 0 Å². The van der Waals surface area contributed by atoms with E-state index in [0.717, 1.165) is 88.2 Å². The second-order valence-corrected chi connectivity index (χ2v) is 25.3. The van der Waals surface area contributed by atoms with Gasteiger partial charge in [-0.05, 0) is 70.9 Å². The number of ether oxygens (including phenoxy) is 2. The van der Waals surface area contributed by atoms with Crippen molar-refractivity contribution in [3.8, 4) is 22.5 Å². The number of phosphoric acid groups is 1. The number of sulfonamides is 1. The monoisotopic (exact) mass is 1180 g/mol. The standard InChI is InChI=1S/C60H94N3O14PS2/c1-7-13-15-17-19-21-23-25-27-29-31-33-58(64)73-46-50(76-59(65)34-32-30-28-26-24-22-20-18-16-14-8-2)47-75-78(66,67)74-42-41-61-79(68,69)51-37-40-54(57(45-51)80(70,71)72)60-52-38-35-48(62(9-3)10-4)43-55(52)77-56-44-49(36-39-53(56)60)63(11-5)12-6/h35-40,43-45,50,61H,7-34,41-42,46-47H2,1-6H3,(H-,66,67,70,71,72)/p+1/t50-/m1/s1. The first kappa shape index (κ1) is 68.3. The molecule has 17 nitrogen and oxygen atoms in total. The summed E-state index contributed by atoms with van der Waals surface area (Å²) in [5, 5.41) is 1.40. The van der Waals surface area contributed by atoms with E-state index in [1.54, 1.807) is 0 Å². The first-order chi connectivity index (χ1) is 38.4. The molecule has 1 heterocycles. The zero-order chi connectivity index (χ0) is 58.4. The number of carbonyl (C=O) groups excluding carboxylic acids is 2. The summed E-state index contributed by atoms with van der Waals surface area (Å²) < 4.78 is 110. The van der Waals surface area contributed by atoms with Crippen molar-refractivity contribution in [2.45, 2.75) is 212 Å². The van der Waals surface area contributed by atoms with Crippen LogP contribution in [0, 0.1) is 0 Å². The molecular formula is C60H95N3O14PS2+. The number of nitrogens with one attached hydrogen (secondary N) is 1. The fourth-order valence-corrected chi connectivity index (χ4v) is 12.5. The number of benzene rings is 3. The molecule has 0 saturated heterocycles. The van der Waals surface area contributed by atoms with E-state index in [2.05, 4.69) is 28.0 Å². The molecule has 4 rings (SSSR count). The summed E-state index contributed by atoms with van der Waals surface area (Å²) in [6.07, 6.45) is 23.6. The van der Waals surface area contributed by atoms with Gasteiger partial charge in [-0.25, -0.2) is 22.3 Å². The summed E-state index contributed by atoms with van der Waals surface area (Å²) in [4.78, 5) is 37.3. The highest BCUT2D eigenvalue weighted by Gasteiger charge is 2.29. The van der Waals surface area contributed by atoms with Crippen LogP contribution in [0.4, 0.5) is 5.69 Å². The van der Waals surface area contributed by atoms with Gasteiger partial charge in [0.15, 0.2) is 6.10 Å². The molecule has 1 aliphatic carbocycles. The number of hydrogen-bond acceptors (Lipinski definition) is 13. The fraction of sp³-hybridized carbons (Fsp3) is 0.650. The molecule has 0 amide bonds. The summed E-state index contributed by atoms with van der Waals surface area (Å²) in [5.41, 5.74) is 2.27. The lowest BCUT2D eigenvalue weighted by Gasteiger charge is -2.22. The summed E-state index contributed by atoms with van der Waals surface area (Å²) in [7, 11) is -14.5. The molecule has 2 aromatic carbocycles. The van der Waals surface area contributed by atoms with Crippen molar-refractivity contribution in [1.29, 1.82) is 0 Å². The van der Waals surface area contributed by atoms with Gasteiger partial charge in [-0.3, -0.25) is 23.2 Å². The molecule has 3 N–H and O–H groups in total. The zero-order valence-corrected chi connectivity index (χ0v) is 51.4. The fourth-order valence-electron chi connectivity index (χ4n) is 9.94. The van der Waals surface area contributed by atoms with E-state index < -0.39 is 82.2 Å². The van der Waals surface area contributed by atoms with Gasteiger partial charge >= 0.3 is 19.8 Å². The van der Waals surface area contributed by atoms with Gasteiger partial charge in [-0.1, -0.05) is 148 Å². The van der Waals surface area contributed by atoms with Crippen molar-refractivity contribution in [2.75, 3.05) is 57.4 Å². The first-order valence-corrected chi connectivity index (χ1v) is 34.3. The van der Waals surface area contributed by atoms with Gasteiger partial charge in [0.2, 0.25) is 15.4 Å². The second-order valence-electron chi connectivity index (χ2n) is 20.7. The van der Waals surface area contributed by atoms with Crippen molar-refractivity contribution < 1.29 is 63.4 Å². The summed E-state index contributed by atoms with van der Waals surface area (Å²) in [6.45, 7) is 13.1. The molecule has 1 unspecified atom stereocenters. The van der Waals surface area contributed by atoms with Crippen LogP contribution < -0.4 is 19.6 Å². The Hall–Kier alpha value is -4.20.